The maximum Gasteiger partial charge on any atom is 0.419 e. The minimum Gasteiger partial charge on any atom is -0.494 e. The lowest BCUT2D eigenvalue weighted by Gasteiger charge is -2.31. The maximum atomic E-state index is 13.5. The molecular formula is C21H22F4N2O4S. The zero-order chi connectivity index (χ0) is 23.5. The largest absolute Gasteiger partial charge is 0.494 e. The van der Waals surface area contributed by atoms with Gasteiger partial charge in [-0.15, -0.1) is 0 Å². The molecule has 1 aliphatic heterocycles. The molecule has 11 heteroatoms. The molecule has 0 unspecified atom stereocenters. The number of halogens is 4. The molecule has 1 fully saturated rings. The molecule has 0 radical (unpaired) electrons. The van der Waals surface area contributed by atoms with Gasteiger partial charge < -0.3 is 10.1 Å². The number of carbonyl (C=O) groups is 1. The van der Waals surface area contributed by atoms with Crippen LogP contribution in [0, 0.1) is 11.7 Å². The van der Waals surface area contributed by atoms with Crippen LogP contribution in [0.2, 0.25) is 0 Å². The highest BCUT2D eigenvalue weighted by molar-refractivity contribution is 7.89. The Labute approximate surface area is 183 Å². The molecule has 2 aromatic rings. The van der Waals surface area contributed by atoms with Gasteiger partial charge in [0.1, 0.15) is 11.6 Å². The van der Waals surface area contributed by atoms with Crippen LogP contribution in [-0.2, 0) is 21.0 Å². The Morgan fingerprint density at radius 3 is 2.50 bits per heavy atom. The van der Waals surface area contributed by atoms with Crippen molar-refractivity contribution >= 4 is 21.6 Å². The van der Waals surface area contributed by atoms with Gasteiger partial charge in [-0.25, -0.2) is 12.8 Å². The minimum absolute atomic E-state index is 0.0513. The minimum atomic E-state index is -4.90. The van der Waals surface area contributed by atoms with Crippen molar-refractivity contribution in [2.24, 2.45) is 5.92 Å². The van der Waals surface area contributed by atoms with Gasteiger partial charge in [-0.2, -0.15) is 17.5 Å². The second-order valence-electron chi connectivity index (χ2n) is 7.29. The zero-order valence-corrected chi connectivity index (χ0v) is 18.0. The molecule has 3 rings (SSSR count). The van der Waals surface area contributed by atoms with Crippen LogP contribution in [0.15, 0.2) is 47.4 Å². The summed E-state index contributed by atoms with van der Waals surface area (Å²) in [5.74, 6) is -2.31. The first-order chi connectivity index (χ1) is 15.0. The summed E-state index contributed by atoms with van der Waals surface area (Å²) in [5.41, 5.74) is -1.70. The fourth-order valence-electron chi connectivity index (χ4n) is 3.46. The Balaban J connectivity index is 1.72. The van der Waals surface area contributed by atoms with Crippen molar-refractivity contribution in [3.8, 4) is 5.75 Å². The Kier molecular flexibility index (Phi) is 7.09. The predicted octanol–water partition coefficient (Wildman–Crippen LogP) is 4.28. The number of nitrogens with one attached hydrogen (secondary N) is 1. The fraction of sp³-hybridized carbons (Fsp3) is 0.381. The lowest BCUT2D eigenvalue weighted by atomic mass is 9.98. The Morgan fingerprint density at radius 2 is 1.88 bits per heavy atom. The van der Waals surface area contributed by atoms with Crippen LogP contribution >= 0.6 is 0 Å². The number of hydrogen-bond donors (Lipinski definition) is 1. The highest BCUT2D eigenvalue weighted by Crippen LogP contribution is 2.33. The highest BCUT2D eigenvalue weighted by Gasteiger charge is 2.36. The molecule has 32 heavy (non-hydrogen) atoms. The topological polar surface area (TPSA) is 75.7 Å². The second kappa shape index (κ2) is 9.45. The molecule has 6 nitrogen and oxygen atoms in total. The number of amides is 1. The van der Waals surface area contributed by atoms with E-state index < -0.39 is 39.4 Å². The SMILES string of the molecule is CCOc1ccc(S(=O)(=O)N2CCC[C@H](C(=O)Nc3ccc(F)c(C(F)(F)F)c3)C2)cc1. The van der Waals surface area contributed by atoms with Gasteiger partial charge in [0, 0.05) is 18.8 Å². The summed E-state index contributed by atoms with van der Waals surface area (Å²) in [7, 11) is -3.87. The van der Waals surface area contributed by atoms with Gasteiger partial charge >= 0.3 is 6.18 Å². The fourth-order valence-corrected chi connectivity index (χ4v) is 4.99. The standard InChI is InChI=1S/C21H22F4N2O4S/c1-2-31-16-6-8-17(9-7-16)32(29,30)27-11-3-4-14(13-27)20(28)26-15-5-10-19(22)18(12-15)21(23,24)25/h5-10,12,14H,2-4,11,13H2,1H3,(H,26,28)/t14-/m0/s1. The van der Waals surface area contributed by atoms with Crippen molar-refractivity contribution in [1.29, 1.82) is 0 Å². The van der Waals surface area contributed by atoms with Crippen molar-refractivity contribution in [2.75, 3.05) is 25.0 Å². The first kappa shape index (κ1) is 24.0. The molecule has 1 N–H and O–H groups in total. The second-order valence-corrected chi connectivity index (χ2v) is 9.23. The smallest absolute Gasteiger partial charge is 0.419 e. The normalized spacial score (nSPS) is 17.7. The summed E-state index contributed by atoms with van der Waals surface area (Å²) in [6.07, 6.45) is -4.13. The van der Waals surface area contributed by atoms with E-state index in [0.29, 0.717) is 37.3 Å². The third kappa shape index (κ3) is 5.39. The van der Waals surface area contributed by atoms with Crippen LogP contribution in [0.5, 0.6) is 5.75 Å². The summed E-state index contributed by atoms with van der Waals surface area (Å²) < 4.78 is 84.6. The molecule has 0 bridgehead atoms. The molecule has 1 amide bonds. The van der Waals surface area contributed by atoms with E-state index in [1.54, 1.807) is 6.92 Å². The van der Waals surface area contributed by atoms with E-state index in [1.165, 1.54) is 28.6 Å². The van der Waals surface area contributed by atoms with E-state index in [4.69, 9.17) is 4.74 Å². The van der Waals surface area contributed by atoms with E-state index in [1.807, 2.05) is 0 Å². The van der Waals surface area contributed by atoms with Gasteiger partial charge in [-0.05, 0) is 62.2 Å². The Morgan fingerprint density at radius 1 is 1.19 bits per heavy atom. The molecule has 1 aliphatic rings. The average molecular weight is 474 g/mol. The molecule has 1 saturated heterocycles. The summed E-state index contributed by atoms with van der Waals surface area (Å²) in [5, 5.41) is 2.34. The van der Waals surface area contributed by atoms with Crippen LogP contribution < -0.4 is 10.1 Å². The number of ether oxygens (including phenoxy) is 1. The quantitative estimate of drug-likeness (QED) is 0.634. The van der Waals surface area contributed by atoms with Gasteiger partial charge in [0.15, 0.2) is 0 Å². The van der Waals surface area contributed by atoms with Crippen LogP contribution in [0.4, 0.5) is 23.2 Å². The molecule has 1 heterocycles. The maximum absolute atomic E-state index is 13.5. The number of carbonyl (C=O) groups excluding carboxylic acids is 1. The van der Waals surface area contributed by atoms with Crippen molar-refractivity contribution in [3.05, 3.63) is 53.8 Å². The number of sulfonamides is 1. The first-order valence-electron chi connectivity index (χ1n) is 9.93. The third-order valence-electron chi connectivity index (χ3n) is 5.07. The molecule has 2 aromatic carbocycles. The number of anilines is 1. The van der Waals surface area contributed by atoms with Crippen molar-refractivity contribution in [2.45, 2.75) is 30.8 Å². The average Bonchev–Trinajstić information content (AvgIpc) is 2.75. The predicted molar refractivity (Wildman–Crippen MR) is 109 cm³/mol. The number of hydrogen-bond acceptors (Lipinski definition) is 4. The summed E-state index contributed by atoms with van der Waals surface area (Å²) in [4.78, 5) is 12.7. The number of alkyl halides is 3. The highest BCUT2D eigenvalue weighted by atomic mass is 32.2. The lowest BCUT2D eigenvalue weighted by molar-refractivity contribution is -0.140. The Bertz CT molecular complexity index is 1070. The zero-order valence-electron chi connectivity index (χ0n) is 17.2. The number of piperidine rings is 1. The van der Waals surface area contributed by atoms with Gasteiger partial charge in [-0.1, -0.05) is 0 Å². The van der Waals surface area contributed by atoms with E-state index in [-0.39, 0.29) is 23.7 Å². The van der Waals surface area contributed by atoms with Crippen molar-refractivity contribution in [1.82, 2.24) is 4.31 Å². The van der Waals surface area contributed by atoms with Gasteiger partial charge in [0.2, 0.25) is 15.9 Å². The summed E-state index contributed by atoms with van der Waals surface area (Å²) >= 11 is 0. The van der Waals surface area contributed by atoms with Crippen molar-refractivity contribution < 1.29 is 35.5 Å². The monoisotopic (exact) mass is 474 g/mol. The van der Waals surface area contributed by atoms with Gasteiger partial charge in [0.25, 0.3) is 0 Å². The van der Waals surface area contributed by atoms with Gasteiger partial charge in [0.05, 0.1) is 23.0 Å². The van der Waals surface area contributed by atoms with E-state index in [9.17, 15) is 30.8 Å². The van der Waals surface area contributed by atoms with Crippen LogP contribution in [0.1, 0.15) is 25.3 Å². The van der Waals surface area contributed by atoms with Crippen LogP contribution in [-0.4, -0.2) is 38.3 Å². The van der Waals surface area contributed by atoms with Gasteiger partial charge in [-0.3, -0.25) is 4.79 Å². The number of nitrogens with zero attached hydrogens (tertiary/aromatic N) is 1. The summed E-state index contributed by atoms with van der Waals surface area (Å²) in [6.45, 7) is 2.34. The first-order valence-corrected chi connectivity index (χ1v) is 11.4. The molecule has 0 aliphatic carbocycles. The van der Waals surface area contributed by atoms with Crippen LogP contribution in [0.3, 0.4) is 0 Å². The molecule has 174 valence electrons. The number of rotatable bonds is 6. The summed E-state index contributed by atoms with van der Waals surface area (Å²) in [6, 6.07) is 8.09. The third-order valence-corrected chi connectivity index (χ3v) is 6.95. The molecule has 0 spiro atoms. The molecule has 0 saturated carbocycles. The Hall–Kier alpha value is -2.66. The van der Waals surface area contributed by atoms with Crippen LogP contribution in [0.25, 0.3) is 0 Å². The van der Waals surface area contributed by atoms with E-state index in [0.717, 1.165) is 6.07 Å². The van der Waals surface area contributed by atoms with E-state index >= 15 is 0 Å². The molecule has 1 atom stereocenters. The van der Waals surface area contributed by atoms with Crippen molar-refractivity contribution in [3.63, 3.8) is 0 Å². The molecule has 0 aromatic heterocycles. The molecular weight excluding hydrogens is 452 g/mol. The lowest BCUT2D eigenvalue weighted by Crippen LogP contribution is -2.43. The van der Waals surface area contributed by atoms with E-state index in [2.05, 4.69) is 5.32 Å². The number of benzene rings is 2.